The van der Waals surface area contributed by atoms with Gasteiger partial charge in [-0.1, -0.05) is 19.9 Å². The van der Waals surface area contributed by atoms with Gasteiger partial charge in [0.25, 0.3) is 0 Å². The number of rotatable bonds is 6. The van der Waals surface area contributed by atoms with Gasteiger partial charge in [-0.2, -0.15) is 0 Å². The maximum absolute atomic E-state index is 9.87. The molecule has 1 aliphatic carbocycles. The molecule has 0 spiro atoms. The van der Waals surface area contributed by atoms with Crippen LogP contribution < -0.4 is 4.90 Å². The summed E-state index contributed by atoms with van der Waals surface area (Å²) in [4.78, 5) is 6.90. The Morgan fingerprint density at radius 2 is 2.11 bits per heavy atom. The summed E-state index contributed by atoms with van der Waals surface area (Å²) in [5.41, 5.74) is 0.952. The molecule has 0 unspecified atom stereocenters. The third-order valence-electron chi connectivity index (χ3n) is 3.47. The Balaban J connectivity index is 2.19. The lowest BCUT2D eigenvalue weighted by atomic mass is 10.1. The minimum atomic E-state index is -0.450. The van der Waals surface area contributed by atoms with Crippen LogP contribution in [0.15, 0.2) is 18.3 Å². The predicted molar refractivity (Wildman–Crippen MR) is 74.7 cm³/mol. The van der Waals surface area contributed by atoms with E-state index in [0.717, 1.165) is 17.9 Å². The zero-order chi connectivity index (χ0) is 13.1. The summed E-state index contributed by atoms with van der Waals surface area (Å²) in [7, 11) is 0. The second-order valence-electron chi connectivity index (χ2n) is 5.70. The van der Waals surface area contributed by atoms with E-state index >= 15 is 0 Å². The van der Waals surface area contributed by atoms with Crippen molar-refractivity contribution in [1.82, 2.24) is 4.98 Å². The lowest BCUT2D eigenvalue weighted by Gasteiger charge is -2.27. The Morgan fingerprint density at radius 1 is 1.39 bits per heavy atom. The normalized spacial score (nSPS) is 16.9. The molecular weight excluding hydrogens is 224 g/mol. The molecule has 0 radical (unpaired) electrons. The van der Waals surface area contributed by atoms with E-state index in [0.29, 0.717) is 12.0 Å². The SMILES string of the molecule is CC(C)CCN(c1ncccc1[C@H](C)O)C1CC1. The fraction of sp³-hybridized carbons (Fsp3) is 0.667. The van der Waals surface area contributed by atoms with Crippen LogP contribution in [0, 0.1) is 5.92 Å². The molecule has 1 fully saturated rings. The topological polar surface area (TPSA) is 36.4 Å². The van der Waals surface area contributed by atoms with Crippen molar-refractivity contribution in [2.75, 3.05) is 11.4 Å². The van der Waals surface area contributed by atoms with Crippen molar-refractivity contribution in [3.05, 3.63) is 23.9 Å². The lowest BCUT2D eigenvalue weighted by molar-refractivity contribution is 0.199. The first-order valence-corrected chi connectivity index (χ1v) is 6.99. The van der Waals surface area contributed by atoms with E-state index in [1.165, 1.54) is 19.3 Å². The number of aliphatic hydroxyl groups is 1. The quantitative estimate of drug-likeness (QED) is 0.840. The van der Waals surface area contributed by atoms with Crippen LogP contribution in [0.3, 0.4) is 0 Å². The maximum Gasteiger partial charge on any atom is 0.134 e. The second-order valence-corrected chi connectivity index (χ2v) is 5.70. The lowest BCUT2D eigenvalue weighted by Crippen LogP contribution is -2.29. The minimum Gasteiger partial charge on any atom is -0.389 e. The summed E-state index contributed by atoms with van der Waals surface area (Å²) in [5.74, 6) is 1.68. The molecule has 0 aliphatic heterocycles. The highest BCUT2D eigenvalue weighted by atomic mass is 16.3. The van der Waals surface area contributed by atoms with Crippen molar-refractivity contribution < 1.29 is 5.11 Å². The molecule has 3 heteroatoms. The van der Waals surface area contributed by atoms with Crippen LogP contribution in [0.5, 0.6) is 0 Å². The molecule has 1 N–H and O–H groups in total. The van der Waals surface area contributed by atoms with Gasteiger partial charge in [-0.05, 0) is 38.2 Å². The smallest absolute Gasteiger partial charge is 0.134 e. The van der Waals surface area contributed by atoms with Gasteiger partial charge in [0, 0.05) is 24.3 Å². The third-order valence-corrected chi connectivity index (χ3v) is 3.47. The third kappa shape index (κ3) is 3.22. The summed E-state index contributed by atoms with van der Waals surface area (Å²) in [6, 6.07) is 4.52. The Bertz CT molecular complexity index is 386. The second kappa shape index (κ2) is 5.70. The van der Waals surface area contributed by atoms with E-state index in [1.807, 2.05) is 25.3 Å². The Kier molecular flexibility index (Phi) is 4.23. The Hall–Kier alpha value is -1.09. The first-order valence-electron chi connectivity index (χ1n) is 6.99. The Labute approximate surface area is 110 Å². The van der Waals surface area contributed by atoms with E-state index < -0.39 is 6.10 Å². The number of anilines is 1. The molecular formula is C15H24N2O. The van der Waals surface area contributed by atoms with Gasteiger partial charge in [0.1, 0.15) is 5.82 Å². The molecule has 100 valence electrons. The van der Waals surface area contributed by atoms with Crippen LogP contribution in [-0.4, -0.2) is 22.7 Å². The largest absolute Gasteiger partial charge is 0.389 e. The summed E-state index contributed by atoms with van der Waals surface area (Å²) >= 11 is 0. The molecule has 1 aliphatic rings. The predicted octanol–water partition coefficient (Wildman–Crippen LogP) is 3.15. The monoisotopic (exact) mass is 248 g/mol. The molecule has 1 aromatic heterocycles. The van der Waals surface area contributed by atoms with E-state index in [4.69, 9.17) is 0 Å². The molecule has 18 heavy (non-hydrogen) atoms. The maximum atomic E-state index is 9.87. The van der Waals surface area contributed by atoms with Gasteiger partial charge >= 0.3 is 0 Å². The number of hydrogen-bond acceptors (Lipinski definition) is 3. The van der Waals surface area contributed by atoms with Crippen LogP contribution in [0.4, 0.5) is 5.82 Å². The molecule has 1 heterocycles. The first kappa shape index (κ1) is 13.3. The van der Waals surface area contributed by atoms with Crippen LogP contribution in [0.2, 0.25) is 0 Å². The fourth-order valence-electron chi connectivity index (χ4n) is 2.22. The van der Waals surface area contributed by atoms with Gasteiger partial charge in [0.2, 0.25) is 0 Å². The molecule has 0 saturated heterocycles. The fourth-order valence-corrected chi connectivity index (χ4v) is 2.22. The highest BCUT2D eigenvalue weighted by molar-refractivity contribution is 5.49. The molecule has 0 aromatic carbocycles. The van der Waals surface area contributed by atoms with Crippen molar-refractivity contribution in [3.8, 4) is 0 Å². The molecule has 1 saturated carbocycles. The summed E-state index contributed by atoms with van der Waals surface area (Å²) in [5, 5.41) is 9.87. The zero-order valence-electron chi connectivity index (χ0n) is 11.6. The summed E-state index contributed by atoms with van der Waals surface area (Å²) in [6.07, 6.45) is 5.06. The highest BCUT2D eigenvalue weighted by Crippen LogP contribution is 2.34. The van der Waals surface area contributed by atoms with E-state index in [-0.39, 0.29) is 0 Å². The van der Waals surface area contributed by atoms with Gasteiger partial charge in [-0.25, -0.2) is 4.98 Å². The van der Waals surface area contributed by atoms with Gasteiger partial charge < -0.3 is 10.0 Å². The molecule has 1 aromatic rings. The molecule has 0 amide bonds. The van der Waals surface area contributed by atoms with E-state index in [9.17, 15) is 5.11 Å². The number of pyridine rings is 1. The molecule has 2 rings (SSSR count). The molecule has 3 nitrogen and oxygen atoms in total. The molecule has 0 bridgehead atoms. The summed E-state index contributed by atoms with van der Waals surface area (Å²) in [6.45, 7) is 7.35. The van der Waals surface area contributed by atoms with E-state index in [2.05, 4.69) is 23.7 Å². The van der Waals surface area contributed by atoms with Crippen molar-refractivity contribution in [2.24, 2.45) is 5.92 Å². The van der Waals surface area contributed by atoms with Crippen molar-refractivity contribution in [2.45, 2.75) is 52.2 Å². The van der Waals surface area contributed by atoms with Gasteiger partial charge in [-0.15, -0.1) is 0 Å². The van der Waals surface area contributed by atoms with Gasteiger partial charge in [-0.3, -0.25) is 0 Å². The summed E-state index contributed by atoms with van der Waals surface area (Å²) < 4.78 is 0. The Morgan fingerprint density at radius 3 is 2.67 bits per heavy atom. The van der Waals surface area contributed by atoms with Crippen molar-refractivity contribution in [1.29, 1.82) is 0 Å². The number of aromatic nitrogens is 1. The number of nitrogens with zero attached hydrogens (tertiary/aromatic N) is 2. The van der Waals surface area contributed by atoms with Crippen molar-refractivity contribution >= 4 is 5.82 Å². The van der Waals surface area contributed by atoms with Gasteiger partial charge in [0.15, 0.2) is 0 Å². The van der Waals surface area contributed by atoms with Crippen LogP contribution in [-0.2, 0) is 0 Å². The number of aliphatic hydroxyl groups excluding tert-OH is 1. The van der Waals surface area contributed by atoms with E-state index in [1.54, 1.807) is 0 Å². The van der Waals surface area contributed by atoms with Crippen molar-refractivity contribution in [3.63, 3.8) is 0 Å². The van der Waals surface area contributed by atoms with Crippen LogP contribution in [0.1, 0.15) is 51.7 Å². The van der Waals surface area contributed by atoms with Gasteiger partial charge in [0.05, 0.1) is 6.10 Å². The zero-order valence-corrected chi connectivity index (χ0v) is 11.6. The minimum absolute atomic E-state index is 0.450. The van der Waals surface area contributed by atoms with Crippen LogP contribution >= 0.6 is 0 Å². The highest BCUT2D eigenvalue weighted by Gasteiger charge is 2.31. The average molecular weight is 248 g/mol. The molecule has 1 atom stereocenters. The number of hydrogen-bond donors (Lipinski definition) is 1. The average Bonchev–Trinajstić information content (AvgIpc) is 3.14. The first-order chi connectivity index (χ1) is 8.59. The standard InChI is InChI=1S/C15H24N2O/c1-11(2)8-10-17(13-6-7-13)15-14(12(3)18)5-4-9-16-15/h4-5,9,11-13,18H,6-8,10H2,1-3H3/t12-/m0/s1. The van der Waals surface area contributed by atoms with Crippen LogP contribution in [0.25, 0.3) is 0 Å².